The SMILES string of the molecule is O=C(Nc1nc(-c2cccnc2)cs1)NC1CCN(C(=O)C2CCCCC2)CC1. The van der Waals surface area contributed by atoms with Crippen molar-refractivity contribution < 1.29 is 9.59 Å². The van der Waals surface area contributed by atoms with Gasteiger partial charge in [-0.05, 0) is 37.8 Å². The Kier molecular flexibility index (Phi) is 6.39. The fraction of sp³-hybridized carbons (Fsp3) is 0.524. The number of nitrogens with zero attached hydrogens (tertiary/aromatic N) is 3. The molecule has 2 aromatic rings. The van der Waals surface area contributed by atoms with Gasteiger partial charge in [0.25, 0.3) is 0 Å². The molecule has 1 aliphatic carbocycles. The first-order valence-electron chi connectivity index (χ1n) is 10.4. The number of piperidine rings is 1. The number of urea groups is 1. The van der Waals surface area contributed by atoms with E-state index < -0.39 is 0 Å². The maximum absolute atomic E-state index is 12.7. The molecule has 0 radical (unpaired) electrons. The summed E-state index contributed by atoms with van der Waals surface area (Å²) < 4.78 is 0. The highest BCUT2D eigenvalue weighted by Gasteiger charge is 2.29. The van der Waals surface area contributed by atoms with E-state index in [1.54, 1.807) is 12.4 Å². The summed E-state index contributed by atoms with van der Waals surface area (Å²) in [5.74, 6) is 0.536. The second-order valence-electron chi connectivity index (χ2n) is 7.81. The van der Waals surface area contributed by atoms with Crippen LogP contribution in [0.4, 0.5) is 9.93 Å². The summed E-state index contributed by atoms with van der Waals surface area (Å²) in [7, 11) is 0. The van der Waals surface area contributed by atoms with Gasteiger partial charge in [-0.2, -0.15) is 0 Å². The molecule has 1 saturated heterocycles. The zero-order valence-corrected chi connectivity index (χ0v) is 17.3. The standard InChI is InChI=1S/C21H27N5O2S/c27-19(15-5-2-1-3-6-15)26-11-8-17(9-12-26)23-20(28)25-21-24-18(14-29-21)16-7-4-10-22-13-16/h4,7,10,13-15,17H,1-3,5-6,8-9,11-12H2,(H2,23,24,25,28). The van der Waals surface area contributed by atoms with Gasteiger partial charge in [-0.25, -0.2) is 9.78 Å². The number of likely N-dealkylation sites (tertiary alicyclic amines) is 1. The molecule has 4 rings (SSSR count). The van der Waals surface area contributed by atoms with Crippen molar-refractivity contribution in [2.75, 3.05) is 18.4 Å². The molecule has 0 spiro atoms. The Morgan fingerprint density at radius 1 is 1.10 bits per heavy atom. The normalized spacial score (nSPS) is 18.4. The number of hydrogen-bond acceptors (Lipinski definition) is 5. The van der Waals surface area contributed by atoms with E-state index in [0.29, 0.717) is 11.0 Å². The third-order valence-corrected chi connectivity index (χ3v) is 6.54. The van der Waals surface area contributed by atoms with E-state index in [1.807, 2.05) is 22.4 Å². The van der Waals surface area contributed by atoms with E-state index in [0.717, 1.165) is 50.0 Å². The summed E-state index contributed by atoms with van der Waals surface area (Å²) in [5, 5.41) is 8.31. The summed E-state index contributed by atoms with van der Waals surface area (Å²) in [4.78, 5) is 35.5. The molecule has 0 bridgehead atoms. The predicted octanol–water partition coefficient (Wildman–Crippen LogP) is 3.90. The van der Waals surface area contributed by atoms with Crippen LogP contribution >= 0.6 is 11.3 Å². The monoisotopic (exact) mass is 413 g/mol. The van der Waals surface area contributed by atoms with Crippen molar-refractivity contribution in [2.24, 2.45) is 5.92 Å². The number of amides is 3. The third kappa shape index (κ3) is 5.12. The molecule has 0 aromatic carbocycles. The molecule has 2 fully saturated rings. The largest absolute Gasteiger partial charge is 0.342 e. The lowest BCUT2D eigenvalue weighted by Crippen LogP contribution is -2.49. The highest BCUT2D eigenvalue weighted by atomic mass is 32.1. The molecule has 29 heavy (non-hydrogen) atoms. The lowest BCUT2D eigenvalue weighted by molar-refractivity contribution is -0.137. The number of rotatable bonds is 4. The van der Waals surface area contributed by atoms with Crippen molar-refractivity contribution in [3.63, 3.8) is 0 Å². The minimum absolute atomic E-state index is 0.0863. The molecule has 154 valence electrons. The number of aromatic nitrogens is 2. The molecule has 8 heteroatoms. The average molecular weight is 414 g/mol. The first-order chi connectivity index (χ1) is 14.2. The topological polar surface area (TPSA) is 87.2 Å². The van der Waals surface area contributed by atoms with Gasteiger partial charge in [0.15, 0.2) is 5.13 Å². The number of carbonyl (C=O) groups excluding carboxylic acids is 2. The van der Waals surface area contributed by atoms with E-state index in [4.69, 9.17) is 0 Å². The second kappa shape index (κ2) is 9.35. The quantitative estimate of drug-likeness (QED) is 0.796. The van der Waals surface area contributed by atoms with E-state index in [-0.39, 0.29) is 18.0 Å². The van der Waals surface area contributed by atoms with Crippen LogP contribution in [-0.4, -0.2) is 45.9 Å². The van der Waals surface area contributed by atoms with Crippen LogP contribution < -0.4 is 10.6 Å². The highest BCUT2D eigenvalue weighted by molar-refractivity contribution is 7.14. The summed E-state index contributed by atoms with van der Waals surface area (Å²) in [6.07, 6.45) is 10.7. The van der Waals surface area contributed by atoms with Crippen LogP contribution in [-0.2, 0) is 4.79 Å². The van der Waals surface area contributed by atoms with Crippen LogP contribution in [0.5, 0.6) is 0 Å². The molecule has 0 unspecified atom stereocenters. The molecular weight excluding hydrogens is 386 g/mol. The van der Waals surface area contributed by atoms with E-state index in [2.05, 4.69) is 20.6 Å². The lowest BCUT2D eigenvalue weighted by atomic mass is 9.87. The van der Waals surface area contributed by atoms with Gasteiger partial charge in [-0.15, -0.1) is 11.3 Å². The first-order valence-corrected chi connectivity index (χ1v) is 11.3. The van der Waals surface area contributed by atoms with Crippen LogP contribution in [0.15, 0.2) is 29.9 Å². The van der Waals surface area contributed by atoms with Crippen molar-refractivity contribution in [3.8, 4) is 11.3 Å². The van der Waals surface area contributed by atoms with Crippen molar-refractivity contribution in [3.05, 3.63) is 29.9 Å². The predicted molar refractivity (Wildman–Crippen MR) is 114 cm³/mol. The van der Waals surface area contributed by atoms with Gasteiger partial charge in [0.2, 0.25) is 5.91 Å². The summed E-state index contributed by atoms with van der Waals surface area (Å²) >= 11 is 1.39. The minimum Gasteiger partial charge on any atom is -0.342 e. The molecule has 7 nitrogen and oxygen atoms in total. The van der Waals surface area contributed by atoms with Gasteiger partial charge in [0, 0.05) is 48.4 Å². The summed E-state index contributed by atoms with van der Waals surface area (Å²) in [6.45, 7) is 1.45. The number of anilines is 1. The van der Waals surface area contributed by atoms with Crippen molar-refractivity contribution in [1.82, 2.24) is 20.2 Å². The molecule has 1 saturated carbocycles. The first kappa shape index (κ1) is 19.8. The lowest BCUT2D eigenvalue weighted by Gasteiger charge is -2.35. The maximum atomic E-state index is 12.7. The van der Waals surface area contributed by atoms with Crippen molar-refractivity contribution in [2.45, 2.75) is 51.0 Å². The van der Waals surface area contributed by atoms with Gasteiger partial charge in [0.1, 0.15) is 0 Å². The maximum Gasteiger partial charge on any atom is 0.321 e. The Morgan fingerprint density at radius 3 is 2.62 bits per heavy atom. The van der Waals surface area contributed by atoms with Crippen LogP contribution in [0.2, 0.25) is 0 Å². The number of nitrogens with one attached hydrogen (secondary N) is 2. The fourth-order valence-electron chi connectivity index (χ4n) is 4.15. The molecule has 1 aliphatic heterocycles. The highest BCUT2D eigenvalue weighted by Crippen LogP contribution is 2.27. The third-order valence-electron chi connectivity index (χ3n) is 5.78. The van der Waals surface area contributed by atoms with Gasteiger partial charge >= 0.3 is 6.03 Å². The summed E-state index contributed by atoms with van der Waals surface area (Å²) in [5.41, 5.74) is 1.72. The van der Waals surface area contributed by atoms with Gasteiger partial charge in [0.05, 0.1) is 5.69 Å². The number of carbonyl (C=O) groups is 2. The number of thiazole rings is 1. The Labute approximate surface area is 174 Å². The number of pyridine rings is 1. The zero-order chi connectivity index (χ0) is 20.1. The molecule has 0 atom stereocenters. The molecule has 3 heterocycles. The van der Waals surface area contributed by atoms with E-state index in [1.165, 1.54) is 30.6 Å². The molecule has 3 amide bonds. The zero-order valence-electron chi connectivity index (χ0n) is 16.5. The smallest absolute Gasteiger partial charge is 0.321 e. The molecule has 2 aliphatic rings. The molecular formula is C21H27N5O2S. The molecule has 2 aromatic heterocycles. The summed E-state index contributed by atoms with van der Waals surface area (Å²) in [6, 6.07) is 3.64. The van der Waals surface area contributed by atoms with E-state index >= 15 is 0 Å². The minimum atomic E-state index is -0.242. The van der Waals surface area contributed by atoms with E-state index in [9.17, 15) is 9.59 Å². The Morgan fingerprint density at radius 2 is 1.90 bits per heavy atom. The Hall–Kier alpha value is -2.48. The van der Waals surface area contributed by atoms with Crippen molar-refractivity contribution >= 4 is 28.4 Å². The van der Waals surface area contributed by atoms with Crippen LogP contribution in [0.25, 0.3) is 11.3 Å². The van der Waals surface area contributed by atoms with Crippen molar-refractivity contribution in [1.29, 1.82) is 0 Å². The van der Waals surface area contributed by atoms with Gasteiger partial charge < -0.3 is 10.2 Å². The number of hydrogen-bond donors (Lipinski definition) is 2. The van der Waals surface area contributed by atoms with Crippen LogP contribution in [0.3, 0.4) is 0 Å². The fourth-order valence-corrected chi connectivity index (χ4v) is 4.86. The Balaban J connectivity index is 1.23. The average Bonchev–Trinajstić information content (AvgIpc) is 3.23. The molecule has 2 N–H and O–H groups in total. The van der Waals surface area contributed by atoms with Gasteiger partial charge in [-0.1, -0.05) is 19.3 Å². The van der Waals surface area contributed by atoms with Gasteiger partial charge in [-0.3, -0.25) is 15.1 Å². The van der Waals surface area contributed by atoms with Crippen LogP contribution in [0.1, 0.15) is 44.9 Å². The van der Waals surface area contributed by atoms with Crippen LogP contribution in [0, 0.1) is 5.92 Å². The second-order valence-corrected chi connectivity index (χ2v) is 8.67. The Bertz CT molecular complexity index is 827.